The van der Waals surface area contributed by atoms with Crippen molar-refractivity contribution in [3.05, 3.63) is 65.7 Å². The summed E-state index contributed by atoms with van der Waals surface area (Å²) in [5.41, 5.74) is 23.4. The number of aromatic hydroxyl groups is 1. The van der Waals surface area contributed by atoms with Crippen molar-refractivity contribution in [1.29, 1.82) is 0 Å². The molecule has 414 valence electrons. The van der Waals surface area contributed by atoms with E-state index in [9.17, 15) is 73.2 Å². The normalized spacial score (nSPS) is 14.6. The summed E-state index contributed by atoms with van der Waals surface area (Å²) in [7, 11) is 0. The first-order valence-corrected chi connectivity index (χ1v) is 24.1. The number of nitrogens with two attached hydrogens (primary N) is 4. The predicted octanol–water partition coefficient (Wildman–Crippen LogP) is -5.21. The first-order chi connectivity index (χ1) is 35.4. The van der Waals surface area contributed by atoms with E-state index in [0.717, 1.165) is 6.92 Å². The largest absolute Gasteiger partial charge is 0.508 e. The fourth-order valence-corrected chi connectivity index (χ4v) is 7.17. The lowest BCUT2D eigenvalue weighted by atomic mass is 10.0. The van der Waals surface area contributed by atoms with Crippen LogP contribution in [0.2, 0.25) is 0 Å². The Hall–Kier alpha value is -7.75. The first-order valence-electron chi connectivity index (χ1n) is 24.1. The second kappa shape index (κ2) is 32.4. The number of rotatable bonds is 34. The second-order valence-electron chi connectivity index (χ2n) is 18.1. The molecule has 2 rings (SSSR count). The van der Waals surface area contributed by atoms with Gasteiger partial charge in [0.1, 0.15) is 54.1 Å². The van der Waals surface area contributed by atoms with Crippen LogP contribution in [0, 0.1) is 5.92 Å². The van der Waals surface area contributed by atoms with Gasteiger partial charge in [-0.15, -0.1) is 0 Å². The van der Waals surface area contributed by atoms with Crippen molar-refractivity contribution < 1.29 is 73.2 Å². The van der Waals surface area contributed by atoms with E-state index in [1.165, 1.54) is 24.3 Å². The number of carboxylic acids is 1. The number of nitrogens with one attached hydrogen (secondary N) is 8. The van der Waals surface area contributed by atoms with Gasteiger partial charge in [-0.25, -0.2) is 4.79 Å². The highest BCUT2D eigenvalue weighted by Crippen LogP contribution is 2.13. The quantitative estimate of drug-likeness (QED) is 0.0291. The van der Waals surface area contributed by atoms with E-state index < -0.39 is 145 Å². The maximum Gasteiger partial charge on any atom is 0.326 e. The molecule has 0 spiro atoms. The third-order valence-corrected chi connectivity index (χ3v) is 11.3. The number of aliphatic hydroxyl groups excluding tert-OH is 2. The molecule has 0 heterocycles. The summed E-state index contributed by atoms with van der Waals surface area (Å²) >= 11 is 0. The average Bonchev–Trinajstić information content (AvgIpc) is 3.35. The summed E-state index contributed by atoms with van der Waals surface area (Å²) in [6.45, 7) is 2.89. The molecule has 0 saturated carbocycles. The Kier molecular flexibility index (Phi) is 27.4. The molecule has 27 nitrogen and oxygen atoms in total. The van der Waals surface area contributed by atoms with Crippen molar-refractivity contribution in [2.45, 2.75) is 133 Å². The van der Waals surface area contributed by atoms with E-state index in [2.05, 4.69) is 42.5 Å². The van der Waals surface area contributed by atoms with Crippen LogP contribution in [0.25, 0.3) is 0 Å². The number of hydrogen-bond donors (Lipinski definition) is 16. The van der Waals surface area contributed by atoms with Crippen molar-refractivity contribution in [1.82, 2.24) is 42.5 Å². The summed E-state index contributed by atoms with van der Waals surface area (Å²) in [5, 5.41) is 58.5. The molecule has 0 aliphatic carbocycles. The zero-order valence-electron chi connectivity index (χ0n) is 42.0. The van der Waals surface area contributed by atoms with Crippen LogP contribution in [0.5, 0.6) is 5.75 Å². The Morgan fingerprint density at radius 2 is 0.947 bits per heavy atom. The minimum Gasteiger partial charge on any atom is -0.508 e. The van der Waals surface area contributed by atoms with E-state index in [4.69, 9.17) is 22.9 Å². The monoisotopic (exact) mass is 1060 g/mol. The lowest BCUT2D eigenvalue weighted by Gasteiger charge is -2.27. The molecule has 10 amide bonds. The summed E-state index contributed by atoms with van der Waals surface area (Å²) in [6.07, 6.45) is -1.25. The van der Waals surface area contributed by atoms with E-state index in [1.54, 1.807) is 30.3 Å². The smallest absolute Gasteiger partial charge is 0.326 e. The molecular formula is C48H72N12O15. The van der Waals surface area contributed by atoms with Gasteiger partial charge >= 0.3 is 5.97 Å². The van der Waals surface area contributed by atoms with Gasteiger partial charge in [0.15, 0.2) is 0 Å². The average molecular weight is 1060 g/mol. The number of carbonyl (C=O) groups is 11. The molecule has 0 saturated heterocycles. The minimum absolute atomic E-state index is 0.0244. The number of unbranched alkanes of at least 4 members (excludes halogenated alkanes) is 1. The van der Waals surface area contributed by atoms with Gasteiger partial charge in [0.2, 0.25) is 59.1 Å². The maximum absolute atomic E-state index is 13.8. The van der Waals surface area contributed by atoms with Crippen LogP contribution in [0.1, 0.15) is 76.8 Å². The number of phenols is 1. The van der Waals surface area contributed by atoms with E-state index in [0.29, 0.717) is 17.5 Å². The highest BCUT2D eigenvalue weighted by atomic mass is 16.4. The van der Waals surface area contributed by atoms with Gasteiger partial charge < -0.3 is 85.9 Å². The molecule has 0 fully saturated rings. The van der Waals surface area contributed by atoms with Gasteiger partial charge in [-0.2, -0.15) is 0 Å². The third-order valence-electron chi connectivity index (χ3n) is 11.3. The second-order valence-corrected chi connectivity index (χ2v) is 18.1. The molecule has 0 bridgehead atoms. The molecule has 9 atom stereocenters. The number of carboxylic acid groups (broad SMARTS) is 1. The summed E-state index contributed by atoms with van der Waals surface area (Å²) in [6, 6.07) is 0.208. The summed E-state index contributed by atoms with van der Waals surface area (Å²) < 4.78 is 0. The number of amides is 10. The molecule has 0 aromatic heterocycles. The maximum atomic E-state index is 13.8. The Morgan fingerprint density at radius 1 is 0.507 bits per heavy atom. The van der Waals surface area contributed by atoms with Crippen LogP contribution in [0.4, 0.5) is 0 Å². The van der Waals surface area contributed by atoms with E-state index in [1.807, 2.05) is 13.8 Å². The Morgan fingerprint density at radius 3 is 1.47 bits per heavy atom. The van der Waals surface area contributed by atoms with Crippen LogP contribution in [0.3, 0.4) is 0 Å². The number of phenolic OH excluding ortho intramolecular Hbond substituents is 1. The van der Waals surface area contributed by atoms with E-state index in [-0.39, 0.29) is 56.7 Å². The number of carbonyl (C=O) groups excluding carboxylic acids is 10. The van der Waals surface area contributed by atoms with Gasteiger partial charge in [0, 0.05) is 19.3 Å². The fourth-order valence-electron chi connectivity index (χ4n) is 7.17. The van der Waals surface area contributed by atoms with Gasteiger partial charge in [0.05, 0.1) is 25.7 Å². The zero-order valence-corrected chi connectivity index (χ0v) is 42.0. The summed E-state index contributed by atoms with van der Waals surface area (Å²) in [5.74, 6) is -11.6. The number of hydrogen-bond acceptors (Lipinski definition) is 16. The molecule has 0 aliphatic rings. The molecule has 0 unspecified atom stereocenters. The molecule has 2 aromatic rings. The molecule has 0 radical (unpaired) electrons. The van der Waals surface area contributed by atoms with Gasteiger partial charge in [-0.3, -0.25) is 47.9 Å². The van der Waals surface area contributed by atoms with Crippen molar-refractivity contribution >= 4 is 65.0 Å². The Balaban J connectivity index is 2.24. The van der Waals surface area contributed by atoms with Crippen LogP contribution >= 0.6 is 0 Å². The number of benzene rings is 2. The van der Waals surface area contributed by atoms with E-state index >= 15 is 0 Å². The minimum atomic E-state index is -1.86. The number of aliphatic hydroxyl groups is 2. The van der Waals surface area contributed by atoms with Gasteiger partial charge in [-0.1, -0.05) is 56.3 Å². The Labute approximate surface area is 432 Å². The lowest BCUT2D eigenvalue weighted by molar-refractivity contribution is -0.142. The van der Waals surface area contributed by atoms with Crippen molar-refractivity contribution in [2.75, 3.05) is 19.8 Å². The standard InChI is InChI=1S/C48H72N12O15/c1-25(2)19-30(50)41(67)56-33(20-28-12-14-29(63)15-13-28)44(70)60-37(24-62)47(73)55-31(11-7-8-18-49)42(68)57-34(22-39(52)65)45(71)59-36(23-61)46(72)53-26(3)40(66)54-32(16-17-38(51)64)43(69)58-35(48(74)75)21-27-9-5-4-6-10-27/h4-6,9-10,12-15,25-26,30-37,61-63H,7-8,11,16-24,49-50H2,1-3H3,(H2,51,64)(H2,52,65)(H,53,72)(H,54,66)(H,55,73)(H,56,67)(H,57,68)(H,58,69)(H,59,71)(H,60,70)(H,74,75)/t26-,30-,31-,32-,33-,34-,35-,36-,37-/m0/s1. The van der Waals surface area contributed by atoms with Crippen LogP contribution < -0.4 is 65.5 Å². The van der Waals surface area contributed by atoms with Crippen LogP contribution in [-0.4, -0.2) is 160 Å². The number of primary amides is 2. The van der Waals surface area contributed by atoms with Crippen molar-refractivity contribution in [2.24, 2.45) is 28.9 Å². The van der Waals surface area contributed by atoms with Crippen LogP contribution in [-0.2, 0) is 65.6 Å². The lowest BCUT2D eigenvalue weighted by Crippen LogP contribution is -2.61. The van der Waals surface area contributed by atoms with Gasteiger partial charge in [-0.05, 0) is 74.8 Å². The van der Waals surface area contributed by atoms with Crippen molar-refractivity contribution in [3.8, 4) is 5.75 Å². The molecule has 75 heavy (non-hydrogen) atoms. The fraction of sp³-hybridized carbons (Fsp3) is 0.521. The molecule has 0 aliphatic heterocycles. The van der Waals surface area contributed by atoms with Gasteiger partial charge in [0.25, 0.3) is 0 Å². The predicted molar refractivity (Wildman–Crippen MR) is 267 cm³/mol. The number of aliphatic carboxylic acids is 1. The summed E-state index contributed by atoms with van der Waals surface area (Å²) in [4.78, 5) is 144. The SMILES string of the molecule is CC(C)C[C@H](N)C(=O)N[C@@H](Cc1ccc(O)cc1)C(=O)N[C@@H](CO)C(=O)N[C@@H](CCCCN)C(=O)N[C@@H](CC(N)=O)C(=O)N[C@@H](CO)C(=O)N[C@@H](C)C(=O)N[C@@H](CCC(N)=O)C(=O)N[C@@H](Cc1ccccc1)C(=O)O. The molecule has 20 N–H and O–H groups in total. The zero-order chi connectivity index (χ0) is 56.4. The van der Waals surface area contributed by atoms with Crippen LogP contribution in [0.15, 0.2) is 54.6 Å². The first kappa shape index (κ1) is 63.4. The molecule has 27 heteroatoms. The third kappa shape index (κ3) is 23.3. The highest BCUT2D eigenvalue weighted by Gasteiger charge is 2.35. The Bertz CT molecular complexity index is 2270. The topological polar surface area (TPSA) is 469 Å². The highest BCUT2D eigenvalue weighted by molar-refractivity contribution is 5.99. The van der Waals surface area contributed by atoms with Crippen molar-refractivity contribution in [3.63, 3.8) is 0 Å². The molecular weight excluding hydrogens is 985 g/mol. The molecule has 2 aromatic carbocycles.